The normalized spacial score (nSPS) is 12.1. The highest BCUT2D eigenvalue weighted by Crippen LogP contribution is 2.27. The van der Waals surface area contributed by atoms with Crippen LogP contribution in [0.3, 0.4) is 0 Å². The van der Waals surface area contributed by atoms with Crippen molar-refractivity contribution in [3.8, 4) is 0 Å². The standard InChI is InChI=1S/C12H12N2O5S/c1-7-8(14(17)18)5-11(20-7)12(16)13-6-9(15)10-3-2-4-19-10/h2-5,9,15H,6H2,1H3,(H,13,16). The Bertz CT molecular complexity index is 620. The van der Waals surface area contributed by atoms with Crippen LogP contribution in [0.15, 0.2) is 28.9 Å². The summed E-state index contributed by atoms with van der Waals surface area (Å²) in [4.78, 5) is 22.7. The summed E-state index contributed by atoms with van der Waals surface area (Å²) in [6.45, 7) is 1.55. The van der Waals surface area contributed by atoms with Gasteiger partial charge in [-0.2, -0.15) is 0 Å². The fourth-order valence-corrected chi connectivity index (χ4v) is 2.53. The predicted molar refractivity (Wildman–Crippen MR) is 71.7 cm³/mol. The molecule has 0 aromatic carbocycles. The van der Waals surface area contributed by atoms with Crippen molar-refractivity contribution in [3.05, 3.63) is 50.1 Å². The van der Waals surface area contributed by atoms with Gasteiger partial charge in [-0.25, -0.2) is 0 Å². The summed E-state index contributed by atoms with van der Waals surface area (Å²) in [6, 6.07) is 4.46. The lowest BCUT2D eigenvalue weighted by molar-refractivity contribution is -0.385. The number of aryl methyl sites for hydroxylation is 1. The molecule has 0 saturated heterocycles. The Balaban J connectivity index is 1.98. The van der Waals surface area contributed by atoms with Crippen LogP contribution in [0, 0.1) is 17.0 Å². The van der Waals surface area contributed by atoms with Crippen molar-refractivity contribution in [1.29, 1.82) is 0 Å². The van der Waals surface area contributed by atoms with Crippen LogP contribution in [0.1, 0.15) is 26.4 Å². The highest BCUT2D eigenvalue weighted by Gasteiger charge is 2.20. The molecular formula is C12H12N2O5S. The number of aliphatic hydroxyl groups is 1. The second-order valence-electron chi connectivity index (χ2n) is 4.05. The molecule has 1 unspecified atom stereocenters. The molecule has 8 heteroatoms. The van der Waals surface area contributed by atoms with E-state index in [9.17, 15) is 20.0 Å². The van der Waals surface area contributed by atoms with E-state index in [1.807, 2.05) is 0 Å². The van der Waals surface area contributed by atoms with E-state index in [0.29, 0.717) is 10.6 Å². The summed E-state index contributed by atoms with van der Waals surface area (Å²) >= 11 is 1.04. The monoisotopic (exact) mass is 296 g/mol. The van der Waals surface area contributed by atoms with Gasteiger partial charge in [0.1, 0.15) is 11.9 Å². The van der Waals surface area contributed by atoms with Crippen LogP contribution < -0.4 is 5.32 Å². The van der Waals surface area contributed by atoms with E-state index in [1.165, 1.54) is 12.3 Å². The van der Waals surface area contributed by atoms with Crippen molar-refractivity contribution in [2.45, 2.75) is 13.0 Å². The number of aliphatic hydroxyl groups excluding tert-OH is 1. The molecule has 0 aliphatic heterocycles. The maximum atomic E-state index is 11.8. The van der Waals surface area contributed by atoms with Gasteiger partial charge in [-0.1, -0.05) is 0 Å². The van der Waals surface area contributed by atoms with Gasteiger partial charge in [0.25, 0.3) is 11.6 Å². The van der Waals surface area contributed by atoms with Gasteiger partial charge in [0.2, 0.25) is 0 Å². The van der Waals surface area contributed by atoms with Crippen molar-refractivity contribution in [3.63, 3.8) is 0 Å². The molecule has 0 saturated carbocycles. The van der Waals surface area contributed by atoms with E-state index in [1.54, 1.807) is 19.1 Å². The molecule has 0 fully saturated rings. The topological polar surface area (TPSA) is 106 Å². The minimum atomic E-state index is -0.954. The van der Waals surface area contributed by atoms with E-state index >= 15 is 0 Å². The van der Waals surface area contributed by atoms with E-state index in [2.05, 4.69) is 5.32 Å². The lowest BCUT2D eigenvalue weighted by Crippen LogP contribution is -2.27. The van der Waals surface area contributed by atoms with E-state index < -0.39 is 16.9 Å². The van der Waals surface area contributed by atoms with Crippen molar-refractivity contribution in [2.75, 3.05) is 6.54 Å². The quantitative estimate of drug-likeness (QED) is 0.648. The summed E-state index contributed by atoms with van der Waals surface area (Å²) in [6.07, 6.45) is 0.469. The molecule has 20 heavy (non-hydrogen) atoms. The number of nitrogens with one attached hydrogen (secondary N) is 1. The number of amides is 1. The molecule has 106 valence electrons. The van der Waals surface area contributed by atoms with Gasteiger partial charge in [0, 0.05) is 6.07 Å². The molecule has 0 bridgehead atoms. The molecule has 0 spiro atoms. The molecule has 0 aliphatic carbocycles. The zero-order valence-corrected chi connectivity index (χ0v) is 11.3. The minimum absolute atomic E-state index is 0.0307. The number of nitrogens with zero attached hydrogens (tertiary/aromatic N) is 1. The number of hydrogen-bond acceptors (Lipinski definition) is 6. The first kappa shape index (κ1) is 14.2. The minimum Gasteiger partial charge on any atom is -0.467 e. The first-order chi connectivity index (χ1) is 9.49. The molecule has 1 amide bonds. The number of thiophene rings is 1. The van der Waals surface area contributed by atoms with Gasteiger partial charge in [0.05, 0.1) is 27.5 Å². The average molecular weight is 296 g/mol. The lowest BCUT2D eigenvalue weighted by atomic mass is 10.2. The Morgan fingerprint density at radius 1 is 1.65 bits per heavy atom. The Morgan fingerprint density at radius 2 is 2.40 bits per heavy atom. The van der Waals surface area contributed by atoms with Gasteiger partial charge in [0.15, 0.2) is 0 Å². The first-order valence-electron chi connectivity index (χ1n) is 5.73. The molecule has 1 atom stereocenters. The number of carbonyl (C=O) groups excluding carboxylic acids is 1. The number of carbonyl (C=O) groups is 1. The average Bonchev–Trinajstić information content (AvgIpc) is 3.04. The molecule has 2 aromatic heterocycles. The van der Waals surface area contributed by atoms with Crippen LogP contribution >= 0.6 is 11.3 Å². The zero-order valence-electron chi connectivity index (χ0n) is 10.5. The lowest BCUT2D eigenvalue weighted by Gasteiger charge is -2.08. The summed E-state index contributed by atoms with van der Waals surface area (Å²) in [5, 5.41) is 23.0. The molecule has 7 nitrogen and oxygen atoms in total. The van der Waals surface area contributed by atoms with Crippen LogP contribution in [0.4, 0.5) is 5.69 Å². The molecule has 0 aliphatic rings. The third kappa shape index (κ3) is 3.03. The van der Waals surface area contributed by atoms with Crippen LogP contribution in [0.25, 0.3) is 0 Å². The molecular weight excluding hydrogens is 284 g/mol. The number of rotatable bonds is 5. The molecule has 2 heterocycles. The highest BCUT2D eigenvalue weighted by molar-refractivity contribution is 7.14. The maximum absolute atomic E-state index is 11.8. The summed E-state index contributed by atoms with van der Waals surface area (Å²) in [5.41, 5.74) is -0.0771. The Hall–Kier alpha value is -2.19. The largest absolute Gasteiger partial charge is 0.467 e. The fraction of sp³-hybridized carbons (Fsp3) is 0.250. The van der Waals surface area contributed by atoms with Gasteiger partial charge in [-0.3, -0.25) is 14.9 Å². The number of furan rings is 1. The second kappa shape index (κ2) is 5.85. The van der Waals surface area contributed by atoms with Gasteiger partial charge in [-0.05, 0) is 19.1 Å². The van der Waals surface area contributed by atoms with E-state index in [0.717, 1.165) is 11.3 Å². The van der Waals surface area contributed by atoms with Crippen LogP contribution in [0.2, 0.25) is 0 Å². The van der Waals surface area contributed by atoms with E-state index in [-0.39, 0.29) is 17.1 Å². The van der Waals surface area contributed by atoms with Crippen molar-refractivity contribution >= 4 is 22.9 Å². The van der Waals surface area contributed by atoms with Crippen LogP contribution in [0.5, 0.6) is 0 Å². The molecule has 2 aromatic rings. The highest BCUT2D eigenvalue weighted by atomic mass is 32.1. The Morgan fingerprint density at radius 3 is 2.95 bits per heavy atom. The molecule has 2 N–H and O–H groups in total. The first-order valence-corrected chi connectivity index (χ1v) is 6.55. The van der Waals surface area contributed by atoms with Gasteiger partial charge in [-0.15, -0.1) is 11.3 Å². The van der Waals surface area contributed by atoms with E-state index in [4.69, 9.17) is 4.42 Å². The maximum Gasteiger partial charge on any atom is 0.283 e. The SMILES string of the molecule is Cc1sc(C(=O)NCC(O)c2ccco2)cc1[N+](=O)[O-]. The Kier molecular flexibility index (Phi) is 4.16. The molecule has 2 rings (SSSR count). The predicted octanol–water partition coefficient (Wildman–Crippen LogP) is 2.02. The summed E-state index contributed by atoms with van der Waals surface area (Å²) in [5.74, 6) is -0.115. The molecule has 0 radical (unpaired) electrons. The van der Waals surface area contributed by atoms with Gasteiger partial charge >= 0.3 is 0 Å². The third-order valence-corrected chi connectivity index (χ3v) is 3.68. The fourth-order valence-electron chi connectivity index (χ4n) is 1.62. The Labute approximate surface area is 118 Å². The summed E-state index contributed by atoms with van der Waals surface area (Å²) in [7, 11) is 0. The number of hydrogen-bond donors (Lipinski definition) is 2. The van der Waals surface area contributed by atoms with Crippen molar-refractivity contribution in [2.24, 2.45) is 0 Å². The zero-order chi connectivity index (χ0) is 14.7. The van der Waals surface area contributed by atoms with Gasteiger partial charge < -0.3 is 14.8 Å². The van der Waals surface area contributed by atoms with Crippen molar-refractivity contribution in [1.82, 2.24) is 5.32 Å². The van der Waals surface area contributed by atoms with Crippen LogP contribution in [-0.2, 0) is 0 Å². The second-order valence-corrected chi connectivity index (χ2v) is 5.31. The smallest absolute Gasteiger partial charge is 0.283 e. The number of nitro groups is 1. The van der Waals surface area contributed by atoms with Crippen molar-refractivity contribution < 1.29 is 19.2 Å². The van der Waals surface area contributed by atoms with Crippen LogP contribution in [-0.4, -0.2) is 22.5 Å². The summed E-state index contributed by atoms with van der Waals surface area (Å²) < 4.78 is 5.00. The third-order valence-electron chi connectivity index (χ3n) is 2.64.